The molecule has 2 rings (SSSR count). The molecule has 1 aliphatic rings. The average molecular weight is 359 g/mol. The lowest BCUT2D eigenvalue weighted by molar-refractivity contribution is -0.126. The summed E-state index contributed by atoms with van der Waals surface area (Å²) >= 11 is 0. The van der Waals surface area contributed by atoms with Crippen molar-refractivity contribution in [3.05, 3.63) is 17.7 Å². The molecule has 0 aliphatic carbocycles. The number of methoxy groups -OCH3 is 2. The minimum atomic E-state index is 0. The summed E-state index contributed by atoms with van der Waals surface area (Å²) < 4.78 is 16.3. The molecule has 1 saturated heterocycles. The predicted molar refractivity (Wildman–Crippen MR) is 95.3 cm³/mol. The van der Waals surface area contributed by atoms with E-state index in [2.05, 4.69) is 10.6 Å². The molecule has 1 atom stereocenters. The number of ether oxygens (including phenoxy) is 3. The molecule has 0 spiro atoms. The molecule has 136 valence electrons. The monoisotopic (exact) mass is 358 g/mol. The standard InChI is InChI=1S/C17H26N2O4.ClH/c1-5-23-16-14(21-3)6-12(7-15(16)22-4)8-19-17(20)11(2)13-9-18-10-13;/h6-7,11,13,18H,5,8-10H2,1-4H3,(H,19,20);1H. The van der Waals surface area contributed by atoms with Crippen molar-refractivity contribution in [2.24, 2.45) is 11.8 Å². The van der Waals surface area contributed by atoms with Crippen LogP contribution < -0.4 is 24.8 Å². The van der Waals surface area contributed by atoms with Crippen LogP contribution in [0.4, 0.5) is 0 Å². The summed E-state index contributed by atoms with van der Waals surface area (Å²) in [6.45, 7) is 6.67. The summed E-state index contributed by atoms with van der Waals surface area (Å²) in [5.41, 5.74) is 0.912. The van der Waals surface area contributed by atoms with Crippen LogP contribution >= 0.6 is 12.4 Å². The zero-order valence-corrected chi connectivity index (χ0v) is 15.5. The highest BCUT2D eigenvalue weighted by atomic mass is 35.5. The molecule has 0 aromatic heterocycles. The van der Waals surface area contributed by atoms with Crippen molar-refractivity contribution in [1.82, 2.24) is 10.6 Å². The number of halogens is 1. The molecule has 0 radical (unpaired) electrons. The molecule has 0 saturated carbocycles. The van der Waals surface area contributed by atoms with E-state index in [1.165, 1.54) is 0 Å². The summed E-state index contributed by atoms with van der Waals surface area (Å²) in [6.07, 6.45) is 0. The van der Waals surface area contributed by atoms with Crippen LogP contribution in [-0.4, -0.2) is 39.8 Å². The van der Waals surface area contributed by atoms with Crippen LogP contribution in [0, 0.1) is 11.8 Å². The normalized spacial score (nSPS) is 14.8. The molecule has 6 nitrogen and oxygen atoms in total. The van der Waals surface area contributed by atoms with Gasteiger partial charge in [0.25, 0.3) is 0 Å². The fraction of sp³-hybridized carbons (Fsp3) is 0.588. The van der Waals surface area contributed by atoms with Gasteiger partial charge in [0.15, 0.2) is 11.5 Å². The Hall–Kier alpha value is -1.66. The topological polar surface area (TPSA) is 68.8 Å². The molecule has 1 amide bonds. The Kier molecular flexibility index (Phi) is 8.15. The zero-order valence-electron chi connectivity index (χ0n) is 14.7. The lowest BCUT2D eigenvalue weighted by atomic mass is 9.88. The number of hydrogen-bond acceptors (Lipinski definition) is 5. The van der Waals surface area contributed by atoms with Crippen LogP contribution in [0.2, 0.25) is 0 Å². The fourth-order valence-electron chi connectivity index (χ4n) is 2.55. The molecular weight excluding hydrogens is 332 g/mol. The molecule has 24 heavy (non-hydrogen) atoms. The van der Waals surface area contributed by atoms with E-state index in [1.54, 1.807) is 14.2 Å². The van der Waals surface area contributed by atoms with E-state index in [9.17, 15) is 4.79 Å². The first-order valence-corrected chi connectivity index (χ1v) is 7.96. The maximum Gasteiger partial charge on any atom is 0.223 e. The van der Waals surface area contributed by atoms with E-state index in [0.717, 1.165) is 18.7 Å². The third-order valence-corrected chi connectivity index (χ3v) is 4.21. The summed E-state index contributed by atoms with van der Waals surface area (Å²) in [5.74, 6) is 2.31. The number of nitrogens with one attached hydrogen (secondary N) is 2. The van der Waals surface area contributed by atoms with Gasteiger partial charge in [0.1, 0.15) is 0 Å². The zero-order chi connectivity index (χ0) is 16.8. The summed E-state index contributed by atoms with van der Waals surface area (Å²) in [4.78, 5) is 12.2. The summed E-state index contributed by atoms with van der Waals surface area (Å²) in [7, 11) is 3.18. The molecule has 1 aromatic rings. The number of hydrogen-bond donors (Lipinski definition) is 2. The van der Waals surface area contributed by atoms with E-state index >= 15 is 0 Å². The predicted octanol–water partition coefficient (Wildman–Crippen LogP) is 2.00. The molecule has 1 fully saturated rings. The van der Waals surface area contributed by atoms with E-state index in [4.69, 9.17) is 14.2 Å². The molecule has 2 N–H and O–H groups in total. The Bertz CT molecular complexity index is 524. The Morgan fingerprint density at radius 3 is 2.29 bits per heavy atom. The Morgan fingerprint density at radius 1 is 1.29 bits per heavy atom. The van der Waals surface area contributed by atoms with E-state index in [0.29, 0.717) is 36.3 Å². The Balaban J connectivity index is 0.00000288. The maximum absolute atomic E-state index is 12.2. The summed E-state index contributed by atoms with van der Waals surface area (Å²) in [5, 5.41) is 6.18. The van der Waals surface area contributed by atoms with Crippen molar-refractivity contribution in [2.45, 2.75) is 20.4 Å². The van der Waals surface area contributed by atoms with E-state index in [1.807, 2.05) is 26.0 Å². The third-order valence-electron chi connectivity index (χ3n) is 4.21. The number of amides is 1. The molecule has 0 bridgehead atoms. The van der Waals surface area contributed by atoms with Gasteiger partial charge in [-0.15, -0.1) is 12.4 Å². The number of benzene rings is 1. The van der Waals surface area contributed by atoms with E-state index < -0.39 is 0 Å². The van der Waals surface area contributed by atoms with Crippen molar-refractivity contribution < 1.29 is 19.0 Å². The van der Waals surface area contributed by atoms with Crippen LogP contribution in [0.1, 0.15) is 19.4 Å². The number of rotatable bonds is 8. The highest BCUT2D eigenvalue weighted by molar-refractivity contribution is 5.85. The Morgan fingerprint density at radius 2 is 1.88 bits per heavy atom. The van der Waals surface area contributed by atoms with Gasteiger partial charge < -0.3 is 24.8 Å². The fourth-order valence-corrected chi connectivity index (χ4v) is 2.55. The highest BCUT2D eigenvalue weighted by Gasteiger charge is 2.28. The summed E-state index contributed by atoms with van der Waals surface area (Å²) in [6, 6.07) is 3.73. The van der Waals surface area contributed by atoms with Crippen LogP contribution in [-0.2, 0) is 11.3 Å². The maximum atomic E-state index is 12.2. The molecule has 1 heterocycles. The van der Waals surface area contributed by atoms with Crippen LogP contribution in [0.15, 0.2) is 12.1 Å². The largest absolute Gasteiger partial charge is 0.493 e. The first-order valence-electron chi connectivity index (χ1n) is 7.96. The number of carbonyl (C=O) groups excluding carboxylic acids is 1. The highest BCUT2D eigenvalue weighted by Crippen LogP contribution is 2.38. The molecule has 1 aliphatic heterocycles. The lowest BCUT2D eigenvalue weighted by Crippen LogP contribution is -2.49. The average Bonchev–Trinajstić information content (AvgIpc) is 2.51. The molecular formula is C17H27ClN2O4. The van der Waals surface area contributed by atoms with Crippen molar-refractivity contribution in [3.63, 3.8) is 0 Å². The van der Waals surface area contributed by atoms with Crippen molar-refractivity contribution in [2.75, 3.05) is 33.9 Å². The Labute approximate surface area is 149 Å². The van der Waals surface area contributed by atoms with Gasteiger partial charge in [-0.05, 0) is 43.6 Å². The first-order chi connectivity index (χ1) is 11.1. The van der Waals surface area contributed by atoms with Gasteiger partial charge in [0.05, 0.1) is 20.8 Å². The van der Waals surface area contributed by atoms with Gasteiger partial charge in [-0.3, -0.25) is 4.79 Å². The van der Waals surface area contributed by atoms with Gasteiger partial charge in [-0.1, -0.05) is 6.92 Å². The van der Waals surface area contributed by atoms with Crippen LogP contribution in [0.25, 0.3) is 0 Å². The van der Waals surface area contributed by atoms with Gasteiger partial charge in [0, 0.05) is 12.5 Å². The second kappa shape index (κ2) is 9.59. The number of carbonyl (C=O) groups is 1. The van der Waals surface area contributed by atoms with Crippen LogP contribution in [0.3, 0.4) is 0 Å². The van der Waals surface area contributed by atoms with E-state index in [-0.39, 0.29) is 24.2 Å². The minimum Gasteiger partial charge on any atom is -0.493 e. The van der Waals surface area contributed by atoms with Crippen LogP contribution in [0.5, 0.6) is 17.2 Å². The SMILES string of the molecule is CCOc1c(OC)cc(CNC(=O)C(C)C2CNC2)cc1OC.Cl. The van der Waals surface area contributed by atoms with Gasteiger partial charge in [-0.2, -0.15) is 0 Å². The molecule has 7 heteroatoms. The quantitative estimate of drug-likeness (QED) is 0.744. The van der Waals surface area contributed by atoms with Crippen molar-refractivity contribution >= 4 is 18.3 Å². The van der Waals surface area contributed by atoms with Crippen molar-refractivity contribution in [1.29, 1.82) is 0 Å². The molecule has 1 unspecified atom stereocenters. The smallest absolute Gasteiger partial charge is 0.223 e. The minimum absolute atomic E-state index is 0. The second-order valence-electron chi connectivity index (χ2n) is 5.69. The lowest BCUT2D eigenvalue weighted by Gasteiger charge is -2.31. The first kappa shape index (κ1) is 20.4. The van der Waals surface area contributed by atoms with Crippen molar-refractivity contribution in [3.8, 4) is 17.2 Å². The van der Waals surface area contributed by atoms with Gasteiger partial charge >= 0.3 is 0 Å². The third kappa shape index (κ3) is 4.68. The second-order valence-corrected chi connectivity index (χ2v) is 5.69. The molecule has 1 aromatic carbocycles. The van der Waals surface area contributed by atoms with Gasteiger partial charge in [-0.25, -0.2) is 0 Å². The van der Waals surface area contributed by atoms with Gasteiger partial charge in [0.2, 0.25) is 11.7 Å².